The number of phosphoric ester groups is 2. The van der Waals surface area contributed by atoms with E-state index >= 15 is 0 Å². The van der Waals surface area contributed by atoms with E-state index in [-0.39, 0.29) is 25.7 Å². The number of rotatable bonds is 66. The molecule has 0 aromatic rings. The average molecular weight is 1280 g/mol. The Morgan fingerprint density at radius 3 is 0.874 bits per heavy atom. The summed E-state index contributed by atoms with van der Waals surface area (Å²) >= 11 is 0. The lowest BCUT2D eigenvalue weighted by atomic mass is 10.00. The minimum Gasteiger partial charge on any atom is -0.462 e. The molecule has 17 nitrogen and oxygen atoms in total. The summed E-state index contributed by atoms with van der Waals surface area (Å²) in [5.41, 5.74) is 0. The molecule has 0 bridgehead atoms. The maximum absolute atomic E-state index is 13.0. The van der Waals surface area contributed by atoms with Crippen LogP contribution < -0.4 is 0 Å². The van der Waals surface area contributed by atoms with Crippen LogP contribution in [-0.2, 0) is 65.4 Å². The number of hydrogen-bond donors (Lipinski definition) is 3. The first-order chi connectivity index (χ1) is 41.8. The maximum Gasteiger partial charge on any atom is 0.472 e. The summed E-state index contributed by atoms with van der Waals surface area (Å²) in [5.74, 6) is -0.0585. The van der Waals surface area contributed by atoms with Gasteiger partial charge in [0.05, 0.1) is 26.4 Å². The molecule has 516 valence electrons. The van der Waals surface area contributed by atoms with Gasteiger partial charge in [0.2, 0.25) is 0 Å². The van der Waals surface area contributed by atoms with Crippen LogP contribution >= 0.6 is 15.6 Å². The van der Waals surface area contributed by atoms with E-state index < -0.39 is 97.5 Å². The molecule has 3 unspecified atom stereocenters. The molecule has 3 N–H and O–H groups in total. The van der Waals surface area contributed by atoms with Crippen molar-refractivity contribution < 1.29 is 80.2 Å². The van der Waals surface area contributed by atoms with Crippen molar-refractivity contribution in [3.8, 4) is 0 Å². The van der Waals surface area contributed by atoms with Gasteiger partial charge in [0.15, 0.2) is 12.2 Å². The summed E-state index contributed by atoms with van der Waals surface area (Å²) in [4.78, 5) is 72.3. The Hall–Kier alpha value is -1.94. The number of aliphatic hydroxyl groups is 1. The molecule has 0 spiro atoms. The van der Waals surface area contributed by atoms with E-state index in [9.17, 15) is 43.2 Å². The Kier molecular flexibility index (Phi) is 57.8. The highest BCUT2D eigenvalue weighted by Crippen LogP contribution is 2.45. The standard InChI is InChI=1S/C68H132O17P2/c1-8-10-11-12-13-14-15-16-17-18-19-20-21-22-23-24-25-37-44-51-67(72)84-63(55-79-66(71)50-43-36-31-28-34-41-48-61(7)9-2)57-82-86(74,75)80-53-62(69)54-81-87(76,77)83-58-64(85-68(73)52-45-38-30-27-33-40-47-60(5)6)56-78-65(70)49-42-35-29-26-32-39-46-59(3)4/h59-64,69H,8-58H2,1-7H3,(H,74,75)(H,76,77)/t61?,62-,63-,64-/m1/s1. The lowest BCUT2D eigenvalue weighted by Gasteiger charge is -2.21. The Morgan fingerprint density at radius 1 is 0.333 bits per heavy atom. The number of carbonyl (C=O) groups is 4. The van der Waals surface area contributed by atoms with Crippen LogP contribution in [0.4, 0.5) is 0 Å². The molecule has 0 aromatic carbocycles. The highest BCUT2D eigenvalue weighted by atomic mass is 31.2. The zero-order chi connectivity index (χ0) is 64.5. The number of aliphatic hydroxyl groups excluding tert-OH is 1. The van der Waals surface area contributed by atoms with E-state index in [4.69, 9.17) is 37.0 Å². The van der Waals surface area contributed by atoms with E-state index in [0.29, 0.717) is 37.5 Å². The molecule has 0 amide bonds. The second-order valence-corrected chi connectivity index (χ2v) is 28.7. The van der Waals surface area contributed by atoms with Crippen LogP contribution in [0.25, 0.3) is 0 Å². The third-order valence-electron chi connectivity index (χ3n) is 16.0. The number of carbonyl (C=O) groups excluding carboxylic acids is 4. The van der Waals surface area contributed by atoms with Crippen molar-refractivity contribution in [2.24, 2.45) is 17.8 Å². The molecule has 0 radical (unpaired) electrons. The topological polar surface area (TPSA) is 237 Å². The Balaban J connectivity index is 5.17. The van der Waals surface area contributed by atoms with Gasteiger partial charge in [-0.3, -0.25) is 37.3 Å². The van der Waals surface area contributed by atoms with Crippen LogP contribution in [-0.4, -0.2) is 96.7 Å². The zero-order valence-electron chi connectivity index (χ0n) is 56.5. The summed E-state index contributed by atoms with van der Waals surface area (Å²) in [6.07, 6.45) is 42.2. The van der Waals surface area contributed by atoms with Crippen LogP contribution in [0.15, 0.2) is 0 Å². The molecule has 0 fully saturated rings. The van der Waals surface area contributed by atoms with E-state index in [0.717, 1.165) is 109 Å². The molecule has 0 rings (SSSR count). The maximum atomic E-state index is 13.0. The average Bonchev–Trinajstić information content (AvgIpc) is 3.69. The van der Waals surface area contributed by atoms with Crippen LogP contribution in [0, 0.1) is 17.8 Å². The number of ether oxygens (including phenoxy) is 4. The number of hydrogen-bond acceptors (Lipinski definition) is 15. The van der Waals surface area contributed by atoms with Crippen LogP contribution in [0.3, 0.4) is 0 Å². The van der Waals surface area contributed by atoms with Crippen molar-refractivity contribution in [1.82, 2.24) is 0 Å². The molecule has 6 atom stereocenters. The van der Waals surface area contributed by atoms with Gasteiger partial charge in [0, 0.05) is 25.7 Å². The van der Waals surface area contributed by atoms with Gasteiger partial charge in [0.25, 0.3) is 0 Å². The molecular formula is C68H132O17P2. The van der Waals surface area contributed by atoms with Gasteiger partial charge in [-0.05, 0) is 43.4 Å². The number of esters is 4. The van der Waals surface area contributed by atoms with Crippen molar-refractivity contribution in [3.63, 3.8) is 0 Å². The van der Waals surface area contributed by atoms with Crippen LogP contribution in [0.1, 0.15) is 337 Å². The van der Waals surface area contributed by atoms with E-state index in [1.165, 1.54) is 135 Å². The third-order valence-corrected chi connectivity index (χ3v) is 17.9. The highest BCUT2D eigenvalue weighted by Gasteiger charge is 2.30. The largest absolute Gasteiger partial charge is 0.472 e. The minimum atomic E-state index is -4.95. The van der Waals surface area contributed by atoms with E-state index in [1.54, 1.807) is 0 Å². The van der Waals surface area contributed by atoms with E-state index in [2.05, 4.69) is 48.5 Å². The Morgan fingerprint density at radius 2 is 0.586 bits per heavy atom. The molecule has 19 heteroatoms. The minimum absolute atomic E-state index is 0.101. The Labute approximate surface area is 530 Å². The van der Waals surface area contributed by atoms with Crippen molar-refractivity contribution in [2.45, 2.75) is 356 Å². The summed E-state index contributed by atoms with van der Waals surface area (Å²) in [6.45, 7) is 11.6. The van der Waals surface area contributed by atoms with Gasteiger partial charge in [-0.15, -0.1) is 0 Å². The molecule has 0 aromatic heterocycles. The smallest absolute Gasteiger partial charge is 0.462 e. The van der Waals surface area contributed by atoms with Crippen LogP contribution in [0.5, 0.6) is 0 Å². The highest BCUT2D eigenvalue weighted by molar-refractivity contribution is 7.47. The van der Waals surface area contributed by atoms with Crippen molar-refractivity contribution in [2.75, 3.05) is 39.6 Å². The molecule has 0 saturated heterocycles. The predicted octanol–water partition coefficient (Wildman–Crippen LogP) is 19.1. The van der Waals surface area contributed by atoms with Gasteiger partial charge in [0.1, 0.15) is 19.3 Å². The molecular weight excluding hydrogens is 1150 g/mol. The molecule has 0 aliphatic heterocycles. The SMILES string of the molecule is CCCCCCCCCCCCCCCCCCCCCC(=O)O[C@H](COC(=O)CCCCCCCCC(C)CC)COP(=O)(O)OC[C@@H](O)COP(=O)(O)OC[C@@H](COC(=O)CCCCCCCCC(C)C)OC(=O)CCCCCCCCC(C)C. The van der Waals surface area contributed by atoms with Crippen molar-refractivity contribution in [1.29, 1.82) is 0 Å². The van der Waals surface area contributed by atoms with Crippen LogP contribution in [0.2, 0.25) is 0 Å². The van der Waals surface area contributed by atoms with Crippen molar-refractivity contribution >= 4 is 39.5 Å². The fourth-order valence-corrected chi connectivity index (χ4v) is 11.7. The predicted molar refractivity (Wildman–Crippen MR) is 349 cm³/mol. The summed E-state index contributed by atoms with van der Waals surface area (Å²) in [6, 6.07) is 0. The fraction of sp³-hybridized carbons (Fsp3) is 0.941. The molecule has 0 aliphatic carbocycles. The molecule has 0 heterocycles. The zero-order valence-corrected chi connectivity index (χ0v) is 58.3. The first-order valence-electron chi connectivity index (χ1n) is 35.4. The van der Waals surface area contributed by atoms with Gasteiger partial charge in [-0.2, -0.15) is 0 Å². The van der Waals surface area contributed by atoms with Gasteiger partial charge >= 0.3 is 39.5 Å². The normalized spacial score (nSPS) is 14.6. The first kappa shape index (κ1) is 85.1. The quantitative estimate of drug-likeness (QED) is 0.0222. The third kappa shape index (κ3) is 61.3. The van der Waals surface area contributed by atoms with Gasteiger partial charge < -0.3 is 33.8 Å². The number of phosphoric acid groups is 2. The first-order valence-corrected chi connectivity index (χ1v) is 38.4. The summed E-state index contributed by atoms with van der Waals surface area (Å²) in [7, 11) is -9.89. The summed E-state index contributed by atoms with van der Waals surface area (Å²) in [5, 5.41) is 10.6. The summed E-state index contributed by atoms with van der Waals surface area (Å²) < 4.78 is 68.1. The van der Waals surface area contributed by atoms with Gasteiger partial charge in [-0.25, -0.2) is 9.13 Å². The second-order valence-electron chi connectivity index (χ2n) is 25.8. The second kappa shape index (κ2) is 59.1. The molecule has 0 aliphatic rings. The monoisotopic (exact) mass is 1280 g/mol. The van der Waals surface area contributed by atoms with E-state index in [1.807, 2.05) is 0 Å². The number of unbranched alkanes of at least 4 members (excludes halogenated alkanes) is 33. The van der Waals surface area contributed by atoms with Crippen molar-refractivity contribution in [3.05, 3.63) is 0 Å². The van der Waals surface area contributed by atoms with Gasteiger partial charge in [-0.1, -0.05) is 286 Å². The molecule has 87 heavy (non-hydrogen) atoms. The Bertz CT molecular complexity index is 1720. The fourth-order valence-electron chi connectivity index (χ4n) is 10.2. The molecule has 0 saturated carbocycles. The lowest BCUT2D eigenvalue weighted by Crippen LogP contribution is -2.30. The lowest BCUT2D eigenvalue weighted by molar-refractivity contribution is -0.161.